The minimum atomic E-state index is -0.669. The molecule has 0 aliphatic carbocycles. The Kier molecular flexibility index (Phi) is 5.95. The van der Waals surface area contributed by atoms with Gasteiger partial charge in [-0.2, -0.15) is 5.10 Å². The Morgan fingerprint density at radius 1 is 1.17 bits per heavy atom. The van der Waals surface area contributed by atoms with E-state index in [0.29, 0.717) is 42.2 Å². The summed E-state index contributed by atoms with van der Waals surface area (Å²) in [6, 6.07) is 12.8. The van der Waals surface area contributed by atoms with Gasteiger partial charge in [0, 0.05) is 50.6 Å². The van der Waals surface area contributed by atoms with Crippen molar-refractivity contribution in [3.8, 4) is 17.0 Å². The van der Waals surface area contributed by atoms with Gasteiger partial charge in [-0.15, -0.1) is 0 Å². The first-order chi connectivity index (χ1) is 17.1. The minimum Gasteiger partial charge on any atom is -0.482 e. The van der Waals surface area contributed by atoms with Crippen molar-refractivity contribution in [3.63, 3.8) is 0 Å². The lowest BCUT2D eigenvalue weighted by Crippen LogP contribution is -2.49. The van der Waals surface area contributed by atoms with Crippen molar-refractivity contribution in [2.45, 2.75) is 44.8 Å². The second-order valence-electron chi connectivity index (χ2n) is 10.2. The van der Waals surface area contributed by atoms with Gasteiger partial charge < -0.3 is 14.4 Å². The van der Waals surface area contributed by atoms with Crippen LogP contribution in [-0.4, -0.2) is 45.4 Å². The molecule has 2 amide bonds. The number of piperidine rings is 1. The zero-order valence-corrected chi connectivity index (χ0v) is 21.6. The highest BCUT2D eigenvalue weighted by atomic mass is 35.5. The summed E-state index contributed by atoms with van der Waals surface area (Å²) in [6.45, 7) is 6.31. The molecule has 1 saturated heterocycles. The molecule has 2 aliphatic heterocycles. The van der Waals surface area contributed by atoms with Crippen LogP contribution in [-0.2, 0) is 17.4 Å². The van der Waals surface area contributed by atoms with Gasteiger partial charge in [0.2, 0.25) is 0 Å². The molecule has 1 spiro atoms. The smallest absolute Gasteiger partial charge is 0.412 e. The lowest BCUT2D eigenvalue weighted by molar-refractivity contribution is -0.00169. The van der Waals surface area contributed by atoms with Crippen molar-refractivity contribution in [2.75, 3.05) is 18.4 Å². The van der Waals surface area contributed by atoms with Crippen LogP contribution in [0.1, 0.15) is 51.0 Å². The van der Waals surface area contributed by atoms with E-state index in [2.05, 4.69) is 10.4 Å². The van der Waals surface area contributed by atoms with Crippen molar-refractivity contribution >= 4 is 29.3 Å². The molecule has 0 radical (unpaired) electrons. The number of ether oxygens (including phenoxy) is 2. The number of carbonyl (C=O) groups excluding carboxylic acids is 2. The summed E-state index contributed by atoms with van der Waals surface area (Å²) in [7, 11) is 1.94. The predicted molar refractivity (Wildman–Crippen MR) is 140 cm³/mol. The van der Waals surface area contributed by atoms with Crippen LogP contribution in [0.3, 0.4) is 0 Å². The second kappa shape index (κ2) is 8.85. The maximum absolute atomic E-state index is 13.6. The average molecular weight is 511 g/mol. The van der Waals surface area contributed by atoms with Crippen molar-refractivity contribution in [1.82, 2.24) is 14.7 Å². The number of benzene rings is 2. The molecule has 3 aromatic rings. The molecule has 1 N–H and O–H groups in total. The molecule has 2 aromatic carbocycles. The monoisotopic (exact) mass is 510 g/mol. The van der Waals surface area contributed by atoms with E-state index in [0.717, 1.165) is 22.6 Å². The number of amides is 2. The molecule has 0 saturated carbocycles. The van der Waals surface area contributed by atoms with Crippen molar-refractivity contribution in [1.29, 1.82) is 0 Å². The Morgan fingerprint density at radius 2 is 1.89 bits per heavy atom. The predicted octanol–water partition coefficient (Wildman–Crippen LogP) is 5.86. The number of nitrogens with one attached hydrogen (secondary N) is 1. The number of carbonyl (C=O) groups is 2. The first-order valence-corrected chi connectivity index (χ1v) is 12.3. The topological polar surface area (TPSA) is 85.7 Å². The molecule has 0 atom stereocenters. The Hall–Kier alpha value is -3.52. The van der Waals surface area contributed by atoms with Crippen LogP contribution in [0.25, 0.3) is 11.3 Å². The molecular weight excluding hydrogens is 480 g/mol. The molecule has 5 rings (SSSR count). The summed E-state index contributed by atoms with van der Waals surface area (Å²) >= 11 is 6.17. The zero-order chi connectivity index (χ0) is 25.7. The fourth-order valence-corrected chi connectivity index (χ4v) is 5.11. The number of likely N-dealkylation sites (tertiary alicyclic amines) is 1. The standard InChI is InChI=1S/C27H29ClN4O4.H2/c1-26(2,3)36-25(34)30-21-15-17(28)9-10-18(21)24(33)32-13-11-27(12-14-32)20-16-29-31(4)23(20)19-7-5-6-8-22(19)35-27;/h5-10,15-16H,11-14H2,1-4H3,(H,30,34);1H. The van der Waals surface area contributed by atoms with Crippen LogP contribution in [0.15, 0.2) is 48.7 Å². The Morgan fingerprint density at radius 3 is 2.61 bits per heavy atom. The number of nitrogens with zero attached hydrogens (tertiary/aromatic N) is 3. The second-order valence-corrected chi connectivity index (χ2v) is 10.7. The molecule has 8 nitrogen and oxygen atoms in total. The number of hydrogen-bond donors (Lipinski definition) is 1. The van der Waals surface area contributed by atoms with Gasteiger partial charge in [-0.1, -0.05) is 23.7 Å². The van der Waals surface area contributed by atoms with E-state index in [9.17, 15) is 9.59 Å². The highest BCUT2D eigenvalue weighted by Gasteiger charge is 2.46. The lowest BCUT2D eigenvalue weighted by atomic mass is 9.81. The van der Waals surface area contributed by atoms with E-state index in [-0.39, 0.29) is 7.33 Å². The number of rotatable bonds is 2. The maximum Gasteiger partial charge on any atom is 0.412 e. The summed E-state index contributed by atoms with van der Waals surface area (Å²) in [4.78, 5) is 27.7. The van der Waals surface area contributed by atoms with Crippen LogP contribution in [0.5, 0.6) is 5.75 Å². The summed E-state index contributed by atoms with van der Waals surface area (Å²) in [5.74, 6) is 0.644. The summed E-state index contributed by atoms with van der Waals surface area (Å²) < 4.78 is 13.8. The number of aryl methyl sites for hydroxylation is 1. The third-order valence-electron chi connectivity index (χ3n) is 6.58. The molecule has 36 heavy (non-hydrogen) atoms. The number of halogens is 1. The number of fused-ring (bicyclic) bond motifs is 4. The largest absolute Gasteiger partial charge is 0.482 e. The van der Waals surface area contributed by atoms with E-state index in [1.807, 2.05) is 42.2 Å². The lowest BCUT2D eigenvalue weighted by Gasteiger charge is -2.44. The van der Waals surface area contributed by atoms with Gasteiger partial charge >= 0.3 is 6.09 Å². The molecule has 0 bridgehead atoms. The van der Waals surface area contributed by atoms with E-state index in [1.165, 1.54) is 0 Å². The van der Waals surface area contributed by atoms with Gasteiger partial charge in [0.15, 0.2) is 0 Å². The van der Waals surface area contributed by atoms with Gasteiger partial charge in [0.1, 0.15) is 17.0 Å². The van der Waals surface area contributed by atoms with Crippen molar-refractivity contribution < 1.29 is 20.5 Å². The molecule has 190 valence electrons. The van der Waals surface area contributed by atoms with Crippen molar-refractivity contribution in [2.24, 2.45) is 7.05 Å². The summed E-state index contributed by atoms with van der Waals surface area (Å²) in [6.07, 6.45) is 2.47. The molecule has 0 unspecified atom stereocenters. The molecule has 3 heterocycles. The molecule has 9 heteroatoms. The number of para-hydroxylation sites is 1. The van der Waals surface area contributed by atoms with Gasteiger partial charge in [-0.3, -0.25) is 14.8 Å². The minimum absolute atomic E-state index is 0. The van der Waals surface area contributed by atoms with E-state index < -0.39 is 17.3 Å². The van der Waals surface area contributed by atoms with Gasteiger partial charge in [0.05, 0.1) is 23.1 Å². The highest BCUT2D eigenvalue weighted by Crippen LogP contribution is 2.49. The Balaban J connectivity index is 0.00000320. The van der Waals surface area contributed by atoms with Gasteiger partial charge in [-0.05, 0) is 51.1 Å². The van der Waals surface area contributed by atoms with Crippen LogP contribution in [0, 0.1) is 0 Å². The third kappa shape index (κ3) is 4.41. The van der Waals surface area contributed by atoms with Crippen LogP contribution in [0.2, 0.25) is 5.02 Å². The molecule has 1 aromatic heterocycles. The first-order valence-electron chi connectivity index (χ1n) is 12.0. The fraction of sp³-hybridized carbons (Fsp3) is 0.370. The molecule has 2 aliphatic rings. The average Bonchev–Trinajstić information content (AvgIpc) is 3.21. The van der Waals surface area contributed by atoms with E-state index >= 15 is 0 Å². The SMILES string of the molecule is Cn1ncc2c1-c1ccccc1OC21CCN(C(=O)c2ccc(Cl)cc2NC(=O)OC(C)(C)C)CC1.[HH]. The fourth-order valence-electron chi connectivity index (χ4n) is 4.94. The molecule has 1 fully saturated rings. The van der Waals surface area contributed by atoms with Crippen LogP contribution in [0.4, 0.5) is 10.5 Å². The third-order valence-corrected chi connectivity index (χ3v) is 6.82. The Bertz CT molecular complexity index is 1340. The molecular formula is C27H31ClN4O4. The normalized spacial score (nSPS) is 16.1. The quantitative estimate of drug-likeness (QED) is 0.467. The van der Waals surface area contributed by atoms with Gasteiger partial charge in [-0.25, -0.2) is 4.79 Å². The number of anilines is 1. The summed E-state index contributed by atoms with van der Waals surface area (Å²) in [5.41, 5.74) is 2.59. The van der Waals surface area contributed by atoms with Crippen LogP contribution < -0.4 is 10.1 Å². The number of hydrogen-bond acceptors (Lipinski definition) is 5. The number of aromatic nitrogens is 2. The van der Waals surface area contributed by atoms with Gasteiger partial charge in [0.25, 0.3) is 5.91 Å². The van der Waals surface area contributed by atoms with E-state index in [1.54, 1.807) is 43.9 Å². The van der Waals surface area contributed by atoms with Crippen molar-refractivity contribution in [3.05, 3.63) is 64.8 Å². The highest BCUT2D eigenvalue weighted by molar-refractivity contribution is 6.31. The first kappa shape index (κ1) is 24.2. The zero-order valence-electron chi connectivity index (χ0n) is 20.8. The summed E-state index contributed by atoms with van der Waals surface area (Å²) in [5, 5.41) is 7.61. The van der Waals surface area contributed by atoms with E-state index in [4.69, 9.17) is 21.1 Å². The van der Waals surface area contributed by atoms with Crippen LogP contribution >= 0.6 is 11.6 Å². The Labute approximate surface area is 216 Å². The maximum atomic E-state index is 13.6.